The number of rotatable bonds is 5. The fraction of sp³-hybridized carbons (Fsp3) is 0.417. The van der Waals surface area contributed by atoms with Crippen LogP contribution < -0.4 is 15.8 Å². The highest BCUT2D eigenvalue weighted by Crippen LogP contribution is 2.27. The number of carbonyl (C=O) groups is 1. The van der Waals surface area contributed by atoms with Crippen LogP contribution in [0.15, 0.2) is 18.2 Å². The Balaban J connectivity index is 2.73. The maximum absolute atomic E-state index is 11.6. The van der Waals surface area contributed by atoms with Crippen molar-refractivity contribution in [3.8, 4) is 5.75 Å². The summed E-state index contributed by atoms with van der Waals surface area (Å²) in [5.74, 6) is 0.389. The van der Waals surface area contributed by atoms with E-state index in [0.717, 1.165) is 0 Å². The molecule has 3 N–H and O–H groups in total. The van der Waals surface area contributed by atoms with E-state index >= 15 is 0 Å². The number of benzene rings is 1. The molecule has 17 heavy (non-hydrogen) atoms. The second-order valence-corrected chi connectivity index (χ2v) is 3.99. The van der Waals surface area contributed by atoms with Crippen molar-refractivity contribution >= 4 is 23.2 Å². The molecule has 0 fully saturated rings. The Labute approximate surface area is 106 Å². The van der Waals surface area contributed by atoms with Crippen LogP contribution >= 0.6 is 11.6 Å². The van der Waals surface area contributed by atoms with Crippen LogP contribution in [0.1, 0.15) is 20.3 Å². The van der Waals surface area contributed by atoms with Gasteiger partial charge in [0.15, 0.2) is 0 Å². The number of halogens is 1. The molecular formula is C12H17ClN2O2. The monoisotopic (exact) mass is 256 g/mol. The van der Waals surface area contributed by atoms with Crippen LogP contribution in [0.5, 0.6) is 5.75 Å². The summed E-state index contributed by atoms with van der Waals surface area (Å²) in [5.41, 5.74) is 6.23. The fourth-order valence-electron chi connectivity index (χ4n) is 1.27. The number of ether oxygens (including phenoxy) is 1. The van der Waals surface area contributed by atoms with Crippen molar-refractivity contribution in [1.29, 1.82) is 0 Å². The normalized spacial score (nSPS) is 12.0. The topological polar surface area (TPSA) is 64.3 Å². The highest BCUT2D eigenvalue weighted by Gasteiger charge is 2.11. The maximum atomic E-state index is 11.6. The summed E-state index contributed by atoms with van der Waals surface area (Å²) >= 11 is 6.00. The largest absolute Gasteiger partial charge is 0.492 e. The van der Waals surface area contributed by atoms with E-state index in [9.17, 15) is 4.79 Å². The van der Waals surface area contributed by atoms with Crippen LogP contribution in [-0.4, -0.2) is 18.6 Å². The van der Waals surface area contributed by atoms with Crippen molar-refractivity contribution in [2.75, 3.05) is 11.9 Å². The summed E-state index contributed by atoms with van der Waals surface area (Å²) in [5, 5.41) is 3.17. The lowest BCUT2D eigenvalue weighted by Gasteiger charge is -2.11. The maximum Gasteiger partial charge on any atom is 0.241 e. The van der Waals surface area contributed by atoms with Crippen molar-refractivity contribution in [3.05, 3.63) is 23.2 Å². The molecular weight excluding hydrogens is 240 g/mol. The van der Waals surface area contributed by atoms with E-state index in [4.69, 9.17) is 22.1 Å². The predicted molar refractivity (Wildman–Crippen MR) is 69.5 cm³/mol. The fourth-order valence-corrected chi connectivity index (χ4v) is 1.51. The van der Waals surface area contributed by atoms with Crippen molar-refractivity contribution in [1.82, 2.24) is 0 Å². The van der Waals surface area contributed by atoms with Crippen LogP contribution in [0.3, 0.4) is 0 Å². The van der Waals surface area contributed by atoms with Crippen LogP contribution in [0.2, 0.25) is 5.02 Å². The smallest absolute Gasteiger partial charge is 0.241 e. The molecule has 1 atom stereocenters. The first-order chi connectivity index (χ1) is 8.08. The number of hydrogen-bond acceptors (Lipinski definition) is 3. The molecule has 0 radical (unpaired) electrons. The molecule has 0 unspecified atom stereocenters. The first kappa shape index (κ1) is 13.8. The van der Waals surface area contributed by atoms with E-state index in [1.54, 1.807) is 18.2 Å². The Morgan fingerprint density at radius 1 is 1.53 bits per heavy atom. The summed E-state index contributed by atoms with van der Waals surface area (Å²) in [6, 6.07) is 4.60. The second kappa shape index (κ2) is 6.47. The molecule has 5 heteroatoms. The molecule has 0 heterocycles. The number of nitrogens with one attached hydrogen (secondary N) is 1. The van der Waals surface area contributed by atoms with Gasteiger partial charge in [-0.25, -0.2) is 0 Å². The van der Waals surface area contributed by atoms with Crippen molar-refractivity contribution < 1.29 is 9.53 Å². The van der Waals surface area contributed by atoms with E-state index in [-0.39, 0.29) is 5.91 Å². The summed E-state index contributed by atoms with van der Waals surface area (Å²) in [7, 11) is 0. The number of anilines is 1. The van der Waals surface area contributed by atoms with Gasteiger partial charge in [-0.3, -0.25) is 4.79 Å². The summed E-state index contributed by atoms with van der Waals surface area (Å²) < 4.78 is 5.30. The molecule has 1 rings (SSSR count). The van der Waals surface area contributed by atoms with Gasteiger partial charge in [-0.2, -0.15) is 0 Å². The van der Waals surface area contributed by atoms with Gasteiger partial charge >= 0.3 is 0 Å². The van der Waals surface area contributed by atoms with Gasteiger partial charge in [0, 0.05) is 5.69 Å². The van der Waals surface area contributed by atoms with Crippen LogP contribution in [-0.2, 0) is 4.79 Å². The summed E-state index contributed by atoms with van der Waals surface area (Å²) in [6.45, 7) is 4.29. The second-order valence-electron chi connectivity index (χ2n) is 3.58. The van der Waals surface area contributed by atoms with Crippen molar-refractivity contribution in [2.45, 2.75) is 26.3 Å². The molecule has 4 nitrogen and oxygen atoms in total. The van der Waals surface area contributed by atoms with Gasteiger partial charge < -0.3 is 15.8 Å². The molecule has 1 aromatic carbocycles. The molecule has 0 saturated carbocycles. The molecule has 0 aliphatic carbocycles. The Morgan fingerprint density at radius 2 is 2.24 bits per heavy atom. The number of carbonyl (C=O) groups excluding carboxylic acids is 1. The molecule has 0 aromatic heterocycles. The first-order valence-corrected chi connectivity index (χ1v) is 5.95. The minimum atomic E-state index is -0.500. The Hall–Kier alpha value is -1.26. The van der Waals surface area contributed by atoms with Gasteiger partial charge in [0.1, 0.15) is 5.75 Å². The van der Waals surface area contributed by atoms with Crippen LogP contribution in [0, 0.1) is 0 Å². The van der Waals surface area contributed by atoms with Gasteiger partial charge in [-0.15, -0.1) is 0 Å². The first-order valence-electron chi connectivity index (χ1n) is 5.57. The molecule has 1 aromatic rings. The SMILES string of the molecule is CCOc1ccc(NC(=O)[C@@H](N)CC)cc1Cl. The molecule has 0 saturated heterocycles. The number of amides is 1. The number of nitrogens with two attached hydrogens (primary N) is 1. The Bertz CT molecular complexity index is 396. The minimum absolute atomic E-state index is 0.215. The Morgan fingerprint density at radius 3 is 2.76 bits per heavy atom. The van der Waals surface area contributed by atoms with Gasteiger partial charge in [-0.05, 0) is 31.5 Å². The third kappa shape index (κ3) is 3.91. The molecule has 0 aliphatic heterocycles. The standard InChI is InChI=1S/C12H17ClN2O2/c1-3-10(14)12(16)15-8-5-6-11(17-4-2)9(13)7-8/h5-7,10H,3-4,14H2,1-2H3,(H,15,16)/t10-/m0/s1. The average Bonchev–Trinajstić information content (AvgIpc) is 2.31. The van der Waals surface area contributed by atoms with Crippen molar-refractivity contribution in [2.24, 2.45) is 5.73 Å². The van der Waals surface area contributed by atoms with E-state index in [2.05, 4.69) is 5.32 Å². The summed E-state index contributed by atoms with van der Waals surface area (Å²) in [4.78, 5) is 11.6. The van der Waals surface area contributed by atoms with E-state index in [0.29, 0.717) is 29.5 Å². The van der Waals surface area contributed by atoms with E-state index < -0.39 is 6.04 Å². The molecule has 1 amide bonds. The van der Waals surface area contributed by atoms with Crippen LogP contribution in [0.25, 0.3) is 0 Å². The Kier molecular flexibility index (Phi) is 5.25. The van der Waals surface area contributed by atoms with Gasteiger partial charge in [0.05, 0.1) is 17.7 Å². The van der Waals surface area contributed by atoms with Gasteiger partial charge in [0.25, 0.3) is 0 Å². The average molecular weight is 257 g/mol. The number of hydrogen-bond donors (Lipinski definition) is 2. The van der Waals surface area contributed by atoms with Crippen LogP contribution in [0.4, 0.5) is 5.69 Å². The third-order valence-corrected chi connectivity index (χ3v) is 2.57. The highest BCUT2D eigenvalue weighted by atomic mass is 35.5. The lowest BCUT2D eigenvalue weighted by molar-refractivity contribution is -0.117. The lowest BCUT2D eigenvalue weighted by atomic mass is 10.2. The van der Waals surface area contributed by atoms with Crippen molar-refractivity contribution in [3.63, 3.8) is 0 Å². The van der Waals surface area contributed by atoms with E-state index in [1.165, 1.54) is 0 Å². The quantitative estimate of drug-likeness (QED) is 0.850. The summed E-state index contributed by atoms with van der Waals surface area (Å²) in [6.07, 6.45) is 0.594. The zero-order chi connectivity index (χ0) is 12.8. The molecule has 94 valence electrons. The van der Waals surface area contributed by atoms with Gasteiger partial charge in [0.2, 0.25) is 5.91 Å². The third-order valence-electron chi connectivity index (χ3n) is 2.28. The zero-order valence-electron chi connectivity index (χ0n) is 10.00. The minimum Gasteiger partial charge on any atom is -0.492 e. The van der Waals surface area contributed by atoms with E-state index in [1.807, 2.05) is 13.8 Å². The molecule has 0 aliphatic rings. The van der Waals surface area contributed by atoms with Gasteiger partial charge in [-0.1, -0.05) is 18.5 Å². The predicted octanol–water partition coefficient (Wildman–Crippen LogP) is 2.41. The highest BCUT2D eigenvalue weighted by molar-refractivity contribution is 6.32. The zero-order valence-corrected chi connectivity index (χ0v) is 10.8. The molecule has 0 spiro atoms. The molecule has 0 bridgehead atoms. The lowest BCUT2D eigenvalue weighted by Crippen LogP contribution is -2.34.